The van der Waals surface area contributed by atoms with Crippen LogP contribution >= 0.6 is 15.9 Å². The van der Waals surface area contributed by atoms with Crippen LogP contribution in [0.15, 0.2) is 196 Å². The first-order valence-electron chi connectivity index (χ1n) is 38.7. The van der Waals surface area contributed by atoms with E-state index in [1.807, 2.05) is 100 Å². The van der Waals surface area contributed by atoms with Gasteiger partial charge in [0.1, 0.15) is 11.5 Å². The average Bonchev–Trinajstić information content (AvgIpc) is 1.58. The van der Waals surface area contributed by atoms with Crippen molar-refractivity contribution >= 4 is 99.1 Å². The summed E-state index contributed by atoms with van der Waals surface area (Å²) in [5, 5.41) is 45.6. The molecule has 5 aromatic heterocycles. The SMILES string of the molecule is COC(=O)c1ccc2c3c(C#N)cc(Br)cc3n(C(c3ccccc3)C3CCOCC3)c2c1.Cc1noc(C)c1-c1cc(C(N)=O)c2c3ccc(C(C)(C)O)cc3n(C(c3ccccc3)C3CCOCC3)c2c1.Cc1noc(C)c1-c1cc(C(N)=O)c2c3ccc(C(C)(C)O)cc3n(C(c3ccccc3)C3CCOCC3)c2c1. The van der Waals surface area contributed by atoms with Crippen LogP contribution in [0.1, 0.15) is 172 Å². The van der Waals surface area contributed by atoms with Crippen LogP contribution < -0.4 is 11.5 Å². The van der Waals surface area contributed by atoms with E-state index in [1.165, 1.54) is 23.8 Å². The number of nitrogens with two attached hydrogens (primary N) is 2. The van der Waals surface area contributed by atoms with Crippen molar-refractivity contribution < 1.29 is 52.6 Å². The van der Waals surface area contributed by atoms with Gasteiger partial charge in [0.05, 0.1) is 98.1 Å². The van der Waals surface area contributed by atoms with Gasteiger partial charge in [-0.1, -0.05) is 148 Å². The maximum atomic E-state index is 13.0. The van der Waals surface area contributed by atoms with Crippen molar-refractivity contribution in [3.63, 3.8) is 0 Å². The third-order valence-electron chi connectivity index (χ3n) is 23.2. The zero-order valence-corrected chi connectivity index (χ0v) is 66.6. The summed E-state index contributed by atoms with van der Waals surface area (Å²) < 4.78 is 41.1. The van der Waals surface area contributed by atoms with Crippen molar-refractivity contribution in [1.29, 1.82) is 5.26 Å². The second kappa shape index (κ2) is 31.9. The Hall–Kier alpha value is -11.0. The fourth-order valence-corrected chi connectivity index (χ4v) is 18.3. The molecule has 20 heteroatoms. The number of nitriles is 1. The number of fused-ring (bicyclic) bond motifs is 9. The van der Waals surface area contributed by atoms with Crippen LogP contribution in [-0.4, -0.2) is 98.8 Å². The number of amides is 2. The van der Waals surface area contributed by atoms with E-state index >= 15 is 0 Å². The minimum atomic E-state index is -1.04. The molecule has 3 unspecified atom stereocenters. The maximum absolute atomic E-state index is 13.0. The molecule has 3 fully saturated rings. The minimum absolute atomic E-state index is 0.0252. The lowest BCUT2D eigenvalue weighted by Crippen LogP contribution is -2.27. The normalized spacial score (nSPS) is 15.6. The molecule has 17 rings (SSSR count). The average molecular weight is 1580 g/mol. The highest BCUT2D eigenvalue weighted by Crippen LogP contribution is 2.49. The van der Waals surface area contributed by atoms with E-state index in [1.54, 1.807) is 33.8 Å². The van der Waals surface area contributed by atoms with Gasteiger partial charge in [-0.2, -0.15) is 5.26 Å². The molecule has 0 aliphatic carbocycles. The number of hydrogen-bond acceptors (Lipinski definition) is 14. The smallest absolute Gasteiger partial charge is 0.337 e. The molecule has 578 valence electrons. The summed E-state index contributed by atoms with van der Waals surface area (Å²) in [5.74, 6) is 0.967. The summed E-state index contributed by atoms with van der Waals surface area (Å²) in [6, 6.07) is 63.4. The summed E-state index contributed by atoms with van der Waals surface area (Å²) in [6.45, 7) is 19.0. The van der Waals surface area contributed by atoms with E-state index in [-0.39, 0.29) is 24.1 Å². The molecule has 14 aromatic rings. The summed E-state index contributed by atoms with van der Waals surface area (Å²) in [4.78, 5) is 38.5. The van der Waals surface area contributed by atoms with Gasteiger partial charge < -0.3 is 63.4 Å². The van der Waals surface area contributed by atoms with E-state index in [4.69, 9.17) is 39.5 Å². The molecule has 9 aromatic carbocycles. The highest BCUT2D eigenvalue weighted by Gasteiger charge is 2.37. The van der Waals surface area contributed by atoms with Gasteiger partial charge in [-0.3, -0.25) is 9.59 Å². The highest BCUT2D eigenvalue weighted by atomic mass is 79.9. The Labute approximate surface area is 664 Å². The van der Waals surface area contributed by atoms with Crippen LogP contribution in [0.4, 0.5) is 0 Å². The number of esters is 1. The Kier molecular flexibility index (Phi) is 21.8. The lowest BCUT2D eigenvalue weighted by atomic mass is 9.86. The number of carbonyl (C=O) groups excluding carboxylic acids is 3. The number of halogens is 1. The van der Waals surface area contributed by atoms with Gasteiger partial charge >= 0.3 is 5.97 Å². The van der Waals surface area contributed by atoms with E-state index in [0.29, 0.717) is 78.0 Å². The summed E-state index contributed by atoms with van der Waals surface area (Å²) in [6.07, 6.45) is 5.54. The Morgan fingerprint density at radius 1 is 0.487 bits per heavy atom. The van der Waals surface area contributed by atoms with Crippen molar-refractivity contribution in [3.8, 4) is 28.3 Å². The zero-order valence-electron chi connectivity index (χ0n) is 65.1. The van der Waals surface area contributed by atoms with Crippen molar-refractivity contribution in [2.45, 2.75) is 123 Å². The molecule has 0 radical (unpaired) electrons. The minimum Gasteiger partial charge on any atom is -0.465 e. The third kappa shape index (κ3) is 14.9. The standard InChI is InChI=1S/2C33H35N3O4.C27H23BrN2O3/c2*1-19-29(20(2)40-35-19)23-16-26(32(34)37)30-25-11-10-24(33(3,4)38)18-27(25)36(28(30)17-23)31(21-8-6-5-7-9-21)22-12-14-39-15-13-22;1-32-27(31)19-7-8-22-23(14-19)30(24-15-21(28)13-20(16-29)25(22)24)26(17-5-3-2-4-6-17)18-9-11-33-12-10-18/h2*5-11,16-18,22,31,38H,12-15H2,1-4H3,(H2,34,37);2-8,13-15,18,26H,9-12H2,1H3. The second-order valence-electron chi connectivity index (χ2n) is 31.3. The van der Waals surface area contributed by atoms with Crippen LogP contribution in [0.5, 0.6) is 0 Å². The monoisotopic (exact) mass is 1580 g/mol. The number of primary amides is 2. The fourth-order valence-electron chi connectivity index (χ4n) is 17.9. The number of aromatic nitrogens is 5. The number of carbonyl (C=O) groups is 3. The second-order valence-corrected chi connectivity index (χ2v) is 32.2. The van der Waals surface area contributed by atoms with Gasteiger partial charge in [0.15, 0.2) is 0 Å². The highest BCUT2D eigenvalue weighted by molar-refractivity contribution is 9.10. The Morgan fingerprint density at radius 3 is 1.18 bits per heavy atom. The molecule has 0 spiro atoms. The third-order valence-corrected chi connectivity index (χ3v) is 23.7. The first-order chi connectivity index (χ1) is 54.4. The van der Waals surface area contributed by atoms with Crippen LogP contribution in [0.25, 0.3) is 87.7 Å². The number of aliphatic hydroxyl groups is 2. The van der Waals surface area contributed by atoms with Crippen LogP contribution in [-0.2, 0) is 30.1 Å². The summed E-state index contributed by atoms with van der Waals surface area (Å²) >= 11 is 3.61. The number of benzene rings is 9. The van der Waals surface area contributed by atoms with Gasteiger partial charge in [-0.05, 0) is 211 Å². The molecule has 19 nitrogen and oxygen atoms in total. The topological polar surface area (TPSA) is 271 Å². The van der Waals surface area contributed by atoms with Crippen molar-refractivity contribution in [1.82, 2.24) is 24.0 Å². The van der Waals surface area contributed by atoms with E-state index in [0.717, 1.165) is 166 Å². The summed E-state index contributed by atoms with van der Waals surface area (Å²) in [5.41, 5.74) is 27.7. The first-order valence-corrected chi connectivity index (χ1v) is 39.5. The Morgan fingerprint density at radius 2 is 0.841 bits per heavy atom. The van der Waals surface area contributed by atoms with E-state index in [2.05, 4.69) is 149 Å². The molecule has 0 saturated carbocycles. The predicted molar refractivity (Wildman–Crippen MR) is 444 cm³/mol. The molecule has 3 aliphatic rings. The quantitative estimate of drug-likeness (QED) is 0.0655. The largest absolute Gasteiger partial charge is 0.465 e. The number of nitrogens with zero attached hydrogens (tertiary/aromatic N) is 6. The zero-order chi connectivity index (χ0) is 79.3. The number of hydrogen-bond donors (Lipinski definition) is 4. The summed E-state index contributed by atoms with van der Waals surface area (Å²) in [7, 11) is 1.39. The van der Waals surface area contributed by atoms with Gasteiger partial charge in [-0.25, -0.2) is 4.79 Å². The number of methoxy groups -OCH3 is 1. The first kappa shape index (κ1) is 77.3. The molecule has 0 bridgehead atoms. The van der Waals surface area contributed by atoms with Crippen molar-refractivity contribution in [2.24, 2.45) is 29.2 Å². The number of ether oxygens (including phenoxy) is 4. The molecule has 3 atom stereocenters. The van der Waals surface area contributed by atoms with E-state index < -0.39 is 23.0 Å². The molecule has 3 saturated heterocycles. The maximum Gasteiger partial charge on any atom is 0.337 e. The predicted octanol–water partition coefficient (Wildman–Crippen LogP) is 19.0. The molecular weight excluding hydrogens is 1480 g/mol. The Balaban J connectivity index is 0.000000135. The van der Waals surface area contributed by atoms with Gasteiger partial charge in [0.25, 0.3) is 0 Å². The molecular formula is C93H93BrN8O11. The number of rotatable bonds is 16. The molecule has 8 heterocycles. The lowest BCUT2D eigenvalue weighted by Gasteiger charge is -2.33. The van der Waals surface area contributed by atoms with Crippen LogP contribution in [0.2, 0.25) is 0 Å². The molecule has 2 amide bonds. The van der Waals surface area contributed by atoms with Gasteiger partial charge in [0.2, 0.25) is 11.8 Å². The van der Waals surface area contributed by atoms with Gasteiger partial charge in [0, 0.05) is 98.7 Å². The van der Waals surface area contributed by atoms with Crippen LogP contribution in [0.3, 0.4) is 0 Å². The lowest BCUT2D eigenvalue weighted by molar-refractivity contribution is 0.0551. The number of aryl methyl sites for hydroxylation is 4. The fraction of sp³-hybridized carbons (Fsp3) is 0.312. The Bertz CT molecular complexity index is 5680. The molecule has 113 heavy (non-hydrogen) atoms. The molecule has 3 aliphatic heterocycles. The van der Waals surface area contributed by atoms with E-state index in [9.17, 15) is 29.9 Å². The van der Waals surface area contributed by atoms with Crippen LogP contribution in [0, 0.1) is 56.8 Å². The van der Waals surface area contributed by atoms with Crippen molar-refractivity contribution in [2.75, 3.05) is 46.8 Å². The van der Waals surface area contributed by atoms with Gasteiger partial charge in [-0.15, -0.1) is 0 Å². The molecule has 6 N–H and O–H groups in total. The van der Waals surface area contributed by atoms with Crippen molar-refractivity contribution in [3.05, 3.63) is 259 Å².